The molecule has 0 N–H and O–H groups in total. The number of likely N-dealkylation sites (tertiary alicyclic amines) is 4. The van der Waals surface area contributed by atoms with E-state index in [1.165, 1.54) is 0 Å². The van der Waals surface area contributed by atoms with Crippen molar-refractivity contribution in [1.29, 1.82) is 0 Å². The Kier molecular flexibility index (Phi) is 30.7. The van der Waals surface area contributed by atoms with Crippen LogP contribution in [0.4, 0.5) is 0 Å². The molecule has 4 fully saturated rings. The molecule has 0 saturated carbocycles. The fraction of sp³-hybridized carbons (Fsp3) is 0.797. The Morgan fingerprint density at radius 1 is 0.333 bits per heavy atom. The molecule has 4 unspecified atom stereocenters. The summed E-state index contributed by atoms with van der Waals surface area (Å²) in [6.45, 7) is 22.6. The third kappa shape index (κ3) is 24.8. The highest BCUT2D eigenvalue weighted by molar-refractivity contribution is 8.15. The van der Waals surface area contributed by atoms with Crippen molar-refractivity contribution in [3.63, 3.8) is 0 Å². The number of ether oxygens (including phenoxy) is 8. The normalized spacial score (nSPS) is 20.6. The zero-order valence-corrected chi connectivity index (χ0v) is 56.0. The molecule has 0 bridgehead atoms. The number of hydrogen-bond donors (Lipinski definition) is 0. The fourth-order valence-corrected chi connectivity index (χ4v) is 12.5. The van der Waals surface area contributed by atoms with Crippen LogP contribution in [0.15, 0.2) is 0 Å². The van der Waals surface area contributed by atoms with Crippen LogP contribution >= 0.6 is 47.0 Å². The van der Waals surface area contributed by atoms with E-state index in [1.807, 2.05) is 0 Å². The van der Waals surface area contributed by atoms with Crippen LogP contribution in [-0.4, -0.2) is 234 Å². The summed E-state index contributed by atoms with van der Waals surface area (Å²) in [6, 6.07) is 0. The minimum atomic E-state index is -0.946. The molecular weight excluding hydrogens is 1210 g/mol. The smallest absolute Gasteiger partial charge is 0.245 e. The monoisotopic (exact) mass is 1300 g/mol. The zero-order valence-electron chi connectivity index (χ0n) is 52.8. The van der Waals surface area contributed by atoms with Crippen LogP contribution in [0.3, 0.4) is 0 Å². The molecule has 0 aromatic carbocycles. The number of carbonyl (C=O) groups excluding carboxylic acids is 12. The minimum Gasteiger partial charge on any atom is -0.381 e. The molecule has 0 spiro atoms. The van der Waals surface area contributed by atoms with Crippen LogP contribution in [0.5, 0.6) is 0 Å². The molecule has 4 aliphatic heterocycles. The van der Waals surface area contributed by atoms with E-state index < -0.39 is 77.6 Å². The Hall–Kier alpha value is -3.68. The van der Waals surface area contributed by atoms with Gasteiger partial charge in [-0.15, -0.1) is 0 Å². The van der Waals surface area contributed by atoms with Crippen molar-refractivity contribution < 1.29 is 95.4 Å². The molecule has 4 atom stereocenters. The highest BCUT2D eigenvalue weighted by Gasteiger charge is 2.45. The largest absolute Gasteiger partial charge is 0.381 e. The number of hydrogen-bond acceptors (Lipinski definition) is 24. The van der Waals surface area contributed by atoms with Gasteiger partial charge in [0.25, 0.3) is 0 Å². The topological polar surface area (TPSA) is 292 Å². The predicted octanol–water partition coefficient (Wildman–Crippen LogP) is 4.97. The third-order valence-corrected chi connectivity index (χ3v) is 19.5. The Balaban J connectivity index is 1.35. The van der Waals surface area contributed by atoms with E-state index in [1.54, 1.807) is 83.1 Å². The zero-order chi connectivity index (χ0) is 64.9. The van der Waals surface area contributed by atoms with Gasteiger partial charge in [0.05, 0.1) is 91.1 Å². The van der Waals surface area contributed by atoms with Gasteiger partial charge in [-0.1, -0.05) is 130 Å². The molecule has 0 aromatic rings. The van der Waals surface area contributed by atoms with Gasteiger partial charge in [0.15, 0.2) is 20.5 Å². The Morgan fingerprint density at radius 2 is 0.563 bits per heavy atom. The Labute approximate surface area is 528 Å². The van der Waals surface area contributed by atoms with Crippen molar-refractivity contribution in [2.45, 2.75) is 149 Å². The van der Waals surface area contributed by atoms with Gasteiger partial charge in [0, 0.05) is 80.4 Å². The second-order valence-corrected chi connectivity index (χ2v) is 30.6. The summed E-state index contributed by atoms with van der Waals surface area (Å²) in [5.74, 6) is -3.29. The van der Waals surface area contributed by atoms with Gasteiger partial charge in [0.1, 0.15) is 27.7 Å². The number of imide groups is 4. The first-order valence-electron chi connectivity index (χ1n) is 29.5. The third-order valence-electron chi connectivity index (χ3n) is 13.6. The molecule has 4 rings (SSSR count). The molecule has 0 aliphatic carbocycles. The van der Waals surface area contributed by atoms with E-state index in [2.05, 4.69) is 0 Å². The van der Waals surface area contributed by atoms with Gasteiger partial charge in [-0.3, -0.25) is 77.1 Å². The molecule has 0 radical (unpaired) electrons. The van der Waals surface area contributed by atoms with Crippen molar-refractivity contribution in [3.05, 3.63) is 0 Å². The van der Waals surface area contributed by atoms with Crippen LogP contribution in [0, 0.1) is 27.1 Å². The maximum Gasteiger partial charge on any atom is 0.245 e. The summed E-state index contributed by atoms with van der Waals surface area (Å²) in [5.41, 5.74) is -3.64. The van der Waals surface area contributed by atoms with Gasteiger partial charge in [0.2, 0.25) is 47.3 Å². The molecule has 4 aliphatic rings. The summed E-state index contributed by atoms with van der Waals surface area (Å²) >= 11 is 3.52. The first-order chi connectivity index (χ1) is 40.7. The molecule has 87 heavy (non-hydrogen) atoms. The van der Waals surface area contributed by atoms with Crippen molar-refractivity contribution in [2.24, 2.45) is 27.1 Å². The summed E-state index contributed by atoms with van der Waals surface area (Å²) in [7, 11) is 0. The molecule has 8 amide bonds. The molecule has 24 nitrogen and oxygen atoms in total. The van der Waals surface area contributed by atoms with E-state index in [0.717, 1.165) is 66.6 Å². The number of nitrogens with zero attached hydrogens (tertiary/aromatic N) is 4. The summed E-state index contributed by atoms with van der Waals surface area (Å²) in [6.07, 6.45) is 0.922. The van der Waals surface area contributed by atoms with Crippen LogP contribution in [-0.2, 0) is 95.4 Å². The fourth-order valence-electron chi connectivity index (χ4n) is 8.29. The molecule has 4 heterocycles. The molecule has 4 saturated heterocycles. The maximum absolute atomic E-state index is 13.1. The van der Waals surface area contributed by atoms with Crippen molar-refractivity contribution in [3.8, 4) is 0 Å². The molecule has 28 heteroatoms. The second-order valence-electron chi connectivity index (χ2n) is 25.8. The Morgan fingerprint density at radius 3 is 0.862 bits per heavy atom. The molecular formula is C59H92N4O20S4. The van der Waals surface area contributed by atoms with Gasteiger partial charge in [-0.25, -0.2) is 0 Å². The van der Waals surface area contributed by atoms with Crippen molar-refractivity contribution >= 4 is 115 Å². The number of carbonyl (C=O) groups is 12. The van der Waals surface area contributed by atoms with E-state index in [9.17, 15) is 57.5 Å². The van der Waals surface area contributed by atoms with E-state index >= 15 is 0 Å². The van der Waals surface area contributed by atoms with E-state index in [4.69, 9.17) is 37.9 Å². The summed E-state index contributed by atoms with van der Waals surface area (Å²) < 4.78 is 48.0. The average molecular weight is 1310 g/mol. The lowest BCUT2D eigenvalue weighted by Gasteiger charge is -2.33. The van der Waals surface area contributed by atoms with E-state index in [-0.39, 0.29) is 189 Å². The first kappa shape index (κ1) is 75.8. The lowest BCUT2D eigenvalue weighted by molar-refractivity contribution is -0.145. The SMILES string of the molecule is CC(C)(C)C(=O)SC1CC(=O)N(CCOCCCOCC(COCCCOCCN2C(=O)CC(SC(=O)C(C)(C)C)C2=O)(COCCCOCN2C(=O)CC(SC(=O)C(C)(C)C)C2=O)COCCOCCN2C(=O)CC(SC(=O)C(C)(C)C)C2=O)C1=O. The van der Waals surface area contributed by atoms with Gasteiger partial charge < -0.3 is 37.9 Å². The first-order valence-corrected chi connectivity index (χ1v) is 33.0. The van der Waals surface area contributed by atoms with Crippen LogP contribution in [0.1, 0.15) is 128 Å². The van der Waals surface area contributed by atoms with E-state index in [0.29, 0.717) is 19.3 Å². The number of thioether (sulfide) groups is 4. The highest BCUT2D eigenvalue weighted by Crippen LogP contribution is 2.36. The van der Waals surface area contributed by atoms with Crippen LogP contribution in [0.2, 0.25) is 0 Å². The van der Waals surface area contributed by atoms with Crippen molar-refractivity contribution in [1.82, 2.24) is 19.6 Å². The quantitative estimate of drug-likeness (QED) is 0.0582. The summed E-state index contributed by atoms with van der Waals surface area (Å²) in [4.78, 5) is 158. The van der Waals surface area contributed by atoms with Gasteiger partial charge in [-0.2, -0.15) is 0 Å². The molecule has 492 valence electrons. The average Bonchev–Trinajstić information content (AvgIpc) is 2.20. The number of amides is 8. The lowest BCUT2D eigenvalue weighted by atomic mass is 9.92. The Bertz CT molecular complexity index is 2270. The summed E-state index contributed by atoms with van der Waals surface area (Å²) in [5, 5.41) is -3.86. The van der Waals surface area contributed by atoms with Gasteiger partial charge >= 0.3 is 0 Å². The van der Waals surface area contributed by atoms with Crippen molar-refractivity contribution in [2.75, 3.05) is 125 Å². The predicted molar refractivity (Wildman–Crippen MR) is 327 cm³/mol. The number of rotatable bonds is 38. The van der Waals surface area contributed by atoms with Gasteiger partial charge in [-0.05, 0) is 19.3 Å². The maximum atomic E-state index is 13.1. The van der Waals surface area contributed by atoms with Crippen LogP contribution in [0.25, 0.3) is 0 Å². The highest BCUT2D eigenvalue weighted by atomic mass is 32.2. The molecule has 0 aromatic heterocycles. The van der Waals surface area contributed by atoms with Crippen LogP contribution < -0.4 is 0 Å². The second kappa shape index (κ2) is 35.2. The lowest BCUT2D eigenvalue weighted by Crippen LogP contribution is -2.42. The standard InChI is InChI=1S/C59H92N4O20S4/c1-55(2,3)51(72)84-39-30-43(64)60(47(39)68)16-25-76-19-13-21-79-34-59(36-81-23-15-24-83-38-63-46(67)33-42(50(63)71)87-54(75)58(10,11)12,37-82-29-28-78-27-18-62-45(66)32-41(49(62)70)86-53(74)57(7,8)9)35-80-22-14-20-77-26-17-61-44(65)31-40(48(61)69)85-52(73)56(4,5)6/h39-42H,13-38H2,1-12H3. The minimum absolute atomic E-state index is 0.000358.